The van der Waals surface area contributed by atoms with Crippen molar-refractivity contribution in [3.63, 3.8) is 0 Å². The van der Waals surface area contributed by atoms with Gasteiger partial charge in [-0.25, -0.2) is 4.79 Å². The third-order valence-corrected chi connectivity index (χ3v) is 5.06. The summed E-state index contributed by atoms with van der Waals surface area (Å²) in [6.45, 7) is 8.86. The normalized spacial score (nSPS) is 22.9. The quantitative estimate of drug-likeness (QED) is 0.904. The molecule has 1 aromatic heterocycles. The minimum atomic E-state index is 0.0501. The lowest BCUT2D eigenvalue weighted by atomic mass is 9.98. The number of likely N-dealkylation sites (tertiary alicyclic amines) is 2. The Labute approximate surface area is 138 Å². The van der Waals surface area contributed by atoms with Crippen LogP contribution >= 0.6 is 0 Å². The molecule has 0 bridgehead atoms. The van der Waals surface area contributed by atoms with E-state index in [0.29, 0.717) is 18.6 Å². The van der Waals surface area contributed by atoms with Crippen LogP contribution in [0.15, 0.2) is 12.4 Å². The second-order valence-electron chi connectivity index (χ2n) is 6.91. The molecule has 6 heteroatoms. The molecule has 23 heavy (non-hydrogen) atoms. The predicted octanol–water partition coefficient (Wildman–Crippen LogP) is 2.06. The number of rotatable bonds is 5. The number of carbonyl (C=O) groups is 1. The van der Waals surface area contributed by atoms with Gasteiger partial charge >= 0.3 is 6.03 Å². The molecule has 0 saturated carbocycles. The second-order valence-corrected chi connectivity index (χ2v) is 6.91. The molecule has 0 aliphatic carbocycles. The minimum absolute atomic E-state index is 0.0501. The molecule has 1 aromatic rings. The Bertz CT molecular complexity index is 523. The molecular formula is C17H29N5O. The van der Waals surface area contributed by atoms with Crippen molar-refractivity contribution in [2.24, 2.45) is 0 Å². The van der Waals surface area contributed by atoms with Gasteiger partial charge < -0.3 is 10.2 Å². The fraction of sp³-hybridized carbons (Fsp3) is 0.765. The molecule has 0 aromatic carbocycles. The number of urea groups is 1. The molecule has 2 amide bonds. The lowest BCUT2D eigenvalue weighted by Crippen LogP contribution is -2.64. The average molecular weight is 319 g/mol. The number of piperidine rings is 1. The lowest BCUT2D eigenvalue weighted by Gasteiger charge is -2.49. The molecule has 3 heterocycles. The Balaban J connectivity index is 1.40. The van der Waals surface area contributed by atoms with E-state index in [0.717, 1.165) is 31.6 Å². The van der Waals surface area contributed by atoms with Gasteiger partial charge in [0.15, 0.2) is 0 Å². The molecule has 6 nitrogen and oxygen atoms in total. The van der Waals surface area contributed by atoms with Crippen LogP contribution in [0.1, 0.15) is 45.1 Å². The zero-order valence-electron chi connectivity index (χ0n) is 14.4. The van der Waals surface area contributed by atoms with Crippen molar-refractivity contribution < 1.29 is 4.79 Å². The van der Waals surface area contributed by atoms with Gasteiger partial charge in [0.25, 0.3) is 0 Å². The number of carbonyl (C=O) groups excluding carboxylic acids is 1. The fourth-order valence-electron chi connectivity index (χ4n) is 3.63. The van der Waals surface area contributed by atoms with Crippen LogP contribution in [0.4, 0.5) is 4.79 Å². The van der Waals surface area contributed by atoms with Gasteiger partial charge in [-0.3, -0.25) is 9.58 Å². The monoisotopic (exact) mass is 319 g/mol. The first-order chi connectivity index (χ1) is 11.2. The zero-order chi connectivity index (χ0) is 16.2. The van der Waals surface area contributed by atoms with Crippen LogP contribution in [0.2, 0.25) is 0 Å². The highest BCUT2D eigenvalue weighted by atomic mass is 16.2. The summed E-state index contributed by atoms with van der Waals surface area (Å²) >= 11 is 0. The van der Waals surface area contributed by atoms with Crippen LogP contribution in [-0.4, -0.2) is 57.3 Å². The van der Waals surface area contributed by atoms with Crippen LogP contribution in [0.5, 0.6) is 0 Å². The molecule has 2 aliphatic rings. The predicted molar refractivity (Wildman–Crippen MR) is 90.1 cm³/mol. The highest BCUT2D eigenvalue weighted by Crippen LogP contribution is 2.24. The SMILES string of the molecule is CCCn1cc(CNC(=O)N2CC(N3CCCC[C@H]3C)C2)cn1. The number of hydrogen-bond donors (Lipinski definition) is 1. The smallest absolute Gasteiger partial charge is 0.317 e. The van der Waals surface area contributed by atoms with Gasteiger partial charge in [0.1, 0.15) is 0 Å². The summed E-state index contributed by atoms with van der Waals surface area (Å²) < 4.78 is 1.93. The Morgan fingerprint density at radius 2 is 2.22 bits per heavy atom. The van der Waals surface area contributed by atoms with Gasteiger partial charge in [-0.05, 0) is 32.7 Å². The third kappa shape index (κ3) is 3.86. The first-order valence-electron chi connectivity index (χ1n) is 8.97. The van der Waals surface area contributed by atoms with E-state index >= 15 is 0 Å². The van der Waals surface area contributed by atoms with Crippen molar-refractivity contribution in [3.8, 4) is 0 Å². The number of aryl methyl sites for hydroxylation is 1. The molecule has 0 radical (unpaired) electrons. The number of nitrogens with zero attached hydrogens (tertiary/aromatic N) is 4. The van der Waals surface area contributed by atoms with Crippen molar-refractivity contribution in [2.45, 2.75) is 64.7 Å². The number of aromatic nitrogens is 2. The second kappa shape index (κ2) is 7.34. The highest BCUT2D eigenvalue weighted by Gasteiger charge is 2.37. The summed E-state index contributed by atoms with van der Waals surface area (Å²) in [5, 5.41) is 7.30. The summed E-state index contributed by atoms with van der Waals surface area (Å²) in [6, 6.07) is 1.28. The van der Waals surface area contributed by atoms with Crippen molar-refractivity contribution in [1.82, 2.24) is 24.9 Å². The van der Waals surface area contributed by atoms with Crippen LogP contribution in [-0.2, 0) is 13.1 Å². The first kappa shape index (κ1) is 16.3. The van der Waals surface area contributed by atoms with Gasteiger partial charge in [0.05, 0.1) is 6.20 Å². The molecule has 1 N–H and O–H groups in total. The molecule has 3 rings (SSSR count). The first-order valence-corrected chi connectivity index (χ1v) is 8.97. The van der Waals surface area contributed by atoms with Crippen LogP contribution in [0.25, 0.3) is 0 Å². The Morgan fingerprint density at radius 3 is 2.96 bits per heavy atom. The topological polar surface area (TPSA) is 53.4 Å². The number of hydrogen-bond acceptors (Lipinski definition) is 3. The van der Waals surface area contributed by atoms with Crippen molar-refractivity contribution in [3.05, 3.63) is 18.0 Å². The number of nitrogens with one attached hydrogen (secondary N) is 1. The number of amides is 2. The maximum absolute atomic E-state index is 12.2. The average Bonchev–Trinajstić information content (AvgIpc) is 2.94. The molecule has 0 unspecified atom stereocenters. The van der Waals surface area contributed by atoms with Crippen LogP contribution in [0.3, 0.4) is 0 Å². The van der Waals surface area contributed by atoms with E-state index < -0.39 is 0 Å². The summed E-state index contributed by atoms with van der Waals surface area (Å²) in [4.78, 5) is 16.7. The van der Waals surface area contributed by atoms with Gasteiger partial charge in [-0.1, -0.05) is 13.3 Å². The maximum Gasteiger partial charge on any atom is 0.317 e. The van der Waals surface area contributed by atoms with E-state index in [-0.39, 0.29) is 6.03 Å². The molecular weight excluding hydrogens is 290 g/mol. The van der Waals surface area contributed by atoms with Gasteiger partial charge in [-0.2, -0.15) is 5.10 Å². The van der Waals surface area contributed by atoms with E-state index in [1.807, 2.05) is 22.0 Å². The highest BCUT2D eigenvalue weighted by molar-refractivity contribution is 5.75. The molecule has 1 atom stereocenters. The molecule has 2 aliphatic heterocycles. The van der Waals surface area contributed by atoms with Gasteiger partial charge in [0, 0.05) is 50.0 Å². The standard InChI is InChI=1S/C17H29N5O/c1-3-7-21-11-15(10-19-21)9-18-17(23)20-12-16(13-20)22-8-5-4-6-14(22)2/h10-11,14,16H,3-9,12-13H2,1-2H3,(H,18,23)/t14-/m1/s1. The summed E-state index contributed by atoms with van der Waals surface area (Å²) in [6.07, 6.45) is 8.86. The minimum Gasteiger partial charge on any atom is -0.334 e. The lowest BCUT2D eigenvalue weighted by molar-refractivity contribution is 0.0169. The summed E-state index contributed by atoms with van der Waals surface area (Å²) in [5.74, 6) is 0. The van der Waals surface area contributed by atoms with Gasteiger partial charge in [0.2, 0.25) is 0 Å². The Morgan fingerprint density at radius 1 is 1.39 bits per heavy atom. The van der Waals surface area contributed by atoms with Crippen LogP contribution in [0, 0.1) is 0 Å². The molecule has 2 saturated heterocycles. The largest absolute Gasteiger partial charge is 0.334 e. The third-order valence-electron chi connectivity index (χ3n) is 5.06. The molecule has 128 valence electrons. The van der Waals surface area contributed by atoms with Crippen molar-refractivity contribution in [2.75, 3.05) is 19.6 Å². The van der Waals surface area contributed by atoms with Crippen molar-refractivity contribution in [1.29, 1.82) is 0 Å². The Hall–Kier alpha value is -1.56. The fourth-order valence-corrected chi connectivity index (χ4v) is 3.63. The van der Waals surface area contributed by atoms with E-state index in [2.05, 4.69) is 29.2 Å². The molecule has 0 spiro atoms. The van der Waals surface area contributed by atoms with Gasteiger partial charge in [-0.15, -0.1) is 0 Å². The zero-order valence-corrected chi connectivity index (χ0v) is 14.4. The van der Waals surface area contributed by atoms with Crippen molar-refractivity contribution >= 4 is 6.03 Å². The van der Waals surface area contributed by atoms with E-state index in [9.17, 15) is 4.79 Å². The van der Waals surface area contributed by atoms with Crippen LogP contribution < -0.4 is 5.32 Å². The van der Waals surface area contributed by atoms with E-state index in [4.69, 9.17) is 0 Å². The Kier molecular flexibility index (Phi) is 5.20. The molecule has 2 fully saturated rings. The van der Waals surface area contributed by atoms with E-state index in [1.165, 1.54) is 25.8 Å². The summed E-state index contributed by atoms with van der Waals surface area (Å²) in [7, 11) is 0. The van der Waals surface area contributed by atoms with E-state index in [1.54, 1.807) is 0 Å². The summed E-state index contributed by atoms with van der Waals surface area (Å²) in [5.41, 5.74) is 1.06. The maximum atomic E-state index is 12.2.